The molecule has 1 aliphatic heterocycles. The van der Waals surface area contributed by atoms with E-state index in [-0.39, 0.29) is 25.6 Å². The van der Waals surface area contributed by atoms with E-state index in [0.29, 0.717) is 32.4 Å². The number of benzene rings is 1. The van der Waals surface area contributed by atoms with Crippen LogP contribution in [-0.2, 0) is 11.2 Å². The van der Waals surface area contributed by atoms with Gasteiger partial charge in [0.1, 0.15) is 11.7 Å². The number of likely N-dealkylation sites (tertiary alicyclic amines) is 1. The zero-order valence-electron chi connectivity index (χ0n) is 13.3. The van der Waals surface area contributed by atoms with Crippen molar-refractivity contribution in [2.75, 3.05) is 32.8 Å². The summed E-state index contributed by atoms with van der Waals surface area (Å²) in [4.78, 5) is 13.9. The van der Waals surface area contributed by atoms with Crippen molar-refractivity contribution in [1.82, 2.24) is 10.2 Å². The average Bonchev–Trinajstić information content (AvgIpc) is 2.55. The van der Waals surface area contributed by atoms with E-state index in [1.54, 1.807) is 4.90 Å². The van der Waals surface area contributed by atoms with Gasteiger partial charge in [-0.2, -0.15) is 0 Å². The lowest BCUT2D eigenvalue weighted by molar-refractivity contribution is -0.148. The Hall–Kier alpha value is -1.47. The molecule has 0 saturated carbocycles. The van der Waals surface area contributed by atoms with Crippen LogP contribution < -0.4 is 5.32 Å². The molecule has 0 bridgehead atoms. The predicted octanol–water partition coefficient (Wildman–Crippen LogP) is -0.475. The number of nitrogens with one attached hydrogen (secondary N) is 1. The monoisotopic (exact) mass is 322 g/mol. The summed E-state index contributed by atoms with van der Waals surface area (Å²) < 4.78 is 0. The molecular weight excluding hydrogens is 296 g/mol. The summed E-state index contributed by atoms with van der Waals surface area (Å²) in [7, 11) is 0. The minimum Gasteiger partial charge on any atom is -0.396 e. The number of piperidine rings is 1. The number of rotatable bonds is 7. The van der Waals surface area contributed by atoms with Crippen LogP contribution in [0.1, 0.15) is 18.4 Å². The molecule has 6 heteroatoms. The van der Waals surface area contributed by atoms with Gasteiger partial charge >= 0.3 is 0 Å². The van der Waals surface area contributed by atoms with Crippen LogP contribution in [-0.4, -0.2) is 70.6 Å². The molecule has 0 spiro atoms. The molecule has 6 nitrogen and oxygen atoms in total. The van der Waals surface area contributed by atoms with E-state index in [2.05, 4.69) is 5.32 Å². The van der Waals surface area contributed by atoms with Gasteiger partial charge in [0.2, 0.25) is 5.91 Å². The van der Waals surface area contributed by atoms with Gasteiger partial charge in [-0.15, -0.1) is 0 Å². The molecule has 1 aromatic carbocycles. The van der Waals surface area contributed by atoms with Crippen molar-refractivity contribution in [2.24, 2.45) is 0 Å². The topological polar surface area (TPSA) is 93.0 Å². The third kappa shape index (κ3) is 5.00. The zero-order chi connectivity index (χ0) is 16.7. The average molecular weight is 322 g/mol. The van der Waals surface area contributed by atoms with E-state index in [1.165, 1.54) is 0 Å². The number of nitrogens with zero attached hydrogens (tertiary/aromatic N) is 1. The molecule has 1 fully saturated rings. The van der Waals surface area contributed by atoms with Crippen molar-refractivity contribution in [3.05, 3.63) is 35.9 Å². The number of hydrogen-bond donors (Lipinski definition) is 4. The highest BCUT2D eigenvalue weighted by Gasteiger charge is 2.41. The Labute approximate surface area is 136 Å². The largest absolute Gasteiger partial charge is 0.396 e. The van der Waals surface area contributed by atoms with Gasteiger partial charge in [0.25, 0.3) is 0 Å². The van der Waals surface area contributed by atoms with Gasteiger partial charge in [-0.25, -0.2) is 0 Å². The van der Waals surface area contributed by atoms with Gasteiger partial charge in [-0.3, -0.25) is 4.79 Å². The van der Waals surface area contributed by atoms with Crippen molar-refractivity contribution in [3.8, 4) is 0 Å². The van der Waals surface area contributed by atoms with Crippen LogP contribution >= 0.6 is 0 Å². The number of β-amino-alcohol motifs (C(OH)–C–C–N with tert-alkyl or cyclic N) is 1. The van der Waals surface area contributed by atoms with Gasteiger partial charge in [-0.05, 0) is 24.9 Å². The van der Waals surface area contributed by atoms with Crippen molar-refractivity contribution in [1.29, 1.82) is 0 Å². The number of aliphatic hydroxyl groups is 3. The lowest BCUT2D eigenvalue weighted by Crippen LogP contribution is -2.60. The number of carbonyl (C=O) groups excluding carboxylic acids is 1. The maximum atomic E-state index is 12.3. The number of carbonyl (C=O) groups is 1. The molecule has 0 aromatic heterocycles. The fourth-order valence-corrected chi connectivity index (χ4v) is 2.79. The molecule has 1 saturated heterocycles. The Balaban J connectivity index is 1.84. The minimum atomic E-state index is -1.22. The molecule has 1 heterocycles. The SMILES string of the molecule is O=C(Cc1ccccc1)N1CC[C@](O)(CNCCCO)[C@@H](O)C1. The quantitative estimate of drug-likeness (QED) is 0.509. The van der Waals surface area contributed by atoms with Crippen LogP contribution in [0.25, 0.3) is 0 Å². The first-order valence-corrected chi connectivity index (χ1v) is 8.09. The third-order valence-corrected chi connectivity index (χ3v) is 4.32. The fourth-order valence-electron chi connectivity index (χ4n) is 2.79. The van der Waals surface area contributed by atoms with Gasteiger partial charge in [0.15, 0.2) is 0 Å². The maximum Gasteiger partial charge on any atom is 0.227 e. The van der Waals surface area contributed by atoms with Crippen LogP contribution in [0, 0.1) is 0 Å². The summed E-state index contributed by atoms with van der Waals surface area (Å²) in [6.07, 6.45) is 0.271. The summed E-state index contributed by atoms with van der Waals surface area (Å²) >= 11 is 0. The second-order valence-corrected chi connectivity index (χ2v) is 6.13. The Morgan fingerprint density at radius 1 is 1.35 bits per heavy atom. The summed E-state index contributed by atoms with van der Waals surface area (Å²) in [5.74, 6) is -0.0365. The summed E-state index contributed by atoms with van der Waals surface area (Å²) in [5, 5.41) is 32.5. The van der Waals surface area contributed by atoms with E-state index in [1.807, 2.05) is 30.3 Å². The van der Waals surface area contributed by atoms with Crippen molar-refractivity contribution < 1.29 is 20.1 Å². The molecule has 23 heavy (non-hydrogen) atoms. The smallest absolute Gasteiger partial charge is 0.227 e. The predicted molar refractivity (Wildman–Crippen MR) is 86.9 cm³/mol. The number of hydrogen-bond acceptors (Lipinski definition) is 5. The summed E-state index contributed by atoms with van der Waals surface area (Å²) in [5.41, 5.74) is -0.280. The van der Waals surface area contributed by atoms with Crippen molar-refractivity contribution >= 4 is 5.91 Å². The summed E-state index contributed by atoms with van der Waals surface area (Å²) in [6.45, 7) is 1.51. The van der Waals surface area contributed by atoms with E-state index >= 15 is 0 Å². The van der Waals surface area contributed by atoms with Crippen LogP contribution in [0.5, 0.6) is 0 Å². The Bertz CT molecular complexity index is 497. The molecular formula is C17H26N2O4. The van der Waals surface area contributed by atoms with Gasteiger partial charge in [0, 0.05) is 26.2 Å². The number of aliphatic hydroxyl groups excluding tert-OH is 2. The van der Waals surface area contributed by atoms with E-state index < -0.39 is 11.7 Å². The Morgan fingerprint density at radius 3 is 2.74 bits per heavy atom. The van der Waals surface area contributed by atoms with Crippen molar-refractivity contribution in [3.63, 3.8) is 0 Å². The van der Waals surface area contributed by atoms with E-state index in [9.17, 15) is 15.0 Å². The van der Waals surface area contributed by atoms with Crippen LogP contribution in [0.4, 0.5) is 0 Å². The molecule has 1 amide bonds. The first kappa shape index (κ1) is 17.9. The van der Waals surface area contributed by atoms with Crippen LogP contribution in [0.3, 0.4) is 0 Å². The first-order valence-electron chi connectivity index (χ1n) is 8.09. The van der Waals surface area contributed by atoms with Crippen molar-refractivity contribution in [2.45, 2.75) is 31.0 Å². The molecule has 0 aliphatic carbocycles. The lowest BCUT2D eigenvalue weighted by atomic mass is 9.88. The van der Waals surface area contributed by atoms with Gasteiger partial charge in [0.05, 0.1) is 6.42 Å². The second-order valence-electron chi connectivity index (χ2n) is 6.13. The molecule has 2 rings (SSSR count). The highest BCUT2D eigenvalue weighted by molar-refractivity contribution is 5.79. The molecule has 4 N–H and O–H groups in total. The Morgan fingerprint density at radius 2 is 2.09 bits per heavy atom. The molecule has 0 unspecified atom stereocenters. The molecule has 0 radical (unpaired) electrons. The highest BCUT2D eigenvalue weighted by atomic mass is 16.3. The molecule has 2 atom stereocenters. The standard InChI is InChI=1S/C17H26N2O4/c20-10-4-8-18-13-17(23)7-9-19(12-15(17)21)16(22)11-14-5-2-1-3-6-14/h1-3,5-6,15,18,20-21,23H,4,7-13H2/t15-,17-/m0/s1. The third-order valence-electron chi connectivity index (χ3n) is 4.32. The number of amides is 1. The molecule has 128 valence electrons. The van der Waals surface area contributed by atoms with E-state index in [4.69, 9.17) is 5.11 Å². The van der Waals surface area contributed by atoms with Gasteiger partial charge in [-0.1, -0.05) is 30.3 Å². The van der Waals surface area contributed by atoms with Gasteiger partial charge < -0.3 is 25.5 Å². The molecule has 1 aromatic rings. The fraction of sp³-hybridized carbons (Fsp3) is 0.588. The zero-order valence-corrected chi connectivity index (χ0v) is 13.3. The summed E-state index contributed by atoms with van der Waals surface area (Å²) in [6, 6.07) is 9.50. The molecule has 1 aliphatic rings. The highest BCUT2D eigenvalue weighted by Crippen LogP contribution is 2.23. The minimum absolute atomic E-state index is 0.0365. The first-order chi connectivity index (χ1) is 11.0. The Kier molecular flexibility index (Phi) is 6.53. The maximum absolute atomic E-state index is 12.3. The van der Waals surface area contributed by atoms with E-state index in [0.717, 1.165) is 5.56 Å². The lowest BCUT2D eigenvalue weighted by Gasteiger charge is -2.42. The van der Waals surface area contributed by atoms with Crippen LogP contribution in [0.15, 0.2) is 30.3 Å². The van der Waals surface area contributed by atoms with Crippen LogP contribution in [0.2, 0.25) is 0 Å². The normalized spacial score (nSPS) is 24.7. The second kappa shape index (κ2) is 8.40.